The summed E-state index contributed by atoms with van der Waals surface area (Å²) in [6.07, 6.45) is 1.90. The summed E-state index contributed by atoms with van der Waals surface area (Å²) in [6.45, 7) is 3.32. The first kappa shape index (κ1) is 9.99. The van der Waals surface area contributed by atoms with Gasteiger partial charge in [-0.1, -0.05) is 6.07 Å². The van der Waals surface area contributed by atoms with E-state index in [4.69, 9.17) is 10.5 Å². The maximum atomic E-state index is 5.41. The molecule has 0 radical (unpaired) electrons. The van der Waals surface area contributed by atoms with Crippen molar-refractivity contribution in [3.63, 3.8) is 0 Å². The summed E-state index contributed by atoms with van der Waals surface area (Å²) in [5.74, 6) is 0.706. The molecular weight excluding hydrogens is 164 g/mol. The van der Waals surface area contributed by atoms with Gasteiger partial charge < -0.3 is 10.5 Å². The van der Waals surface area contributed by atoms with Crippen LogP contribution in [0.1, 0.15) is 19.0 Å². The summed E-state index contributed by atoms with van der Waals surface area (Å²) >= 11 is 0. The molecule has 0 amide bonds. The van der Waals surface area contributed by atoms with Gasteiger partial charge in [-0.15, -0.1) is 0 Å². The molecule has 0 aliphatic rings. The van der Waals surface area contributed by atoms with Gasteiger partial charge in [-0.05, 0) is 32.4 Å². The Kier molecular flexibility index (Phi) is 4.26. The number of hydrogen-bond donors (Lipinski definition) is 1. The molecule has 0 atom stereocenters. The van der Waals surface area contributed by atoms with Crippen molar-refractivity contribution in [2.75, 3.05) is 13.2 Å². The maximum absolute atomic E-state index is 5.41. The van der Waals surface area contributed by atoms with Gasteiger partial charge in [-0.2, -0.15) is 0 Å². The third-order valence-electron chi connectivity index (χ3n) is 1.71. The van der Waals surface area contributed by atoms with Gasteiger partial charge in [0.2, 0.25) is 5.88 Å². The zero-order valence-corrected chi connectivity index (χ0v) is 7.99. The number of pyridine rings is 1. The molecule has 0 saturated heterocycles. The minimum absolute atomic E-state index is 0.660. The van der Waals surface area contributed by atoms with E-state index in [1.54, 1.807) is 0 Å². The first-order valence-corrected chi connectivity index (χ1v) is 4.65. The molecule has 0 aliphatic heterocycles. The minimum atomic E-state index is 0.660. The van der Waals surface area contributed by atoms with Crippen LogP contribution in [0.5, 0.6) is 5.88 Å². The summed E-state index contributed by atoms with van der Waals surface area (Å²) in [6, 6.07) is 5.83. The molecule has 1 aromatic rings. The molecule has 0 unspecified atom stereocenters. The lowest BCUT2D eigenvalue weighted by molar-refractivity contribution is 0.326. The zero-order valence-electron chi connectivity index (χ0n) is 7.99. The first-order chi connectivity index (χ1) is 6.36. The number of nitrogens with zero attached hydrogens (tertiary/aromatic N) is 1. The Morgan fingerprint density at radius 1 is 1.46 bits per heavy atom. The fraction of sp³-hybridized carbons (Fsp3) is 0.500. The van der Waals surface area contributed by atoms with Crippen LogP contribution < -0.4 is 10.5 Å². The van der Waals surface area contributed by atoms with E-state index in [0.29, 0.717) is 19.0 Å². The summed E-state index contributed by atoms with van der Waals surface area (Å²) in [7, 11) is 0. The lowest BCUT2D eigenvalue weighted by Crippen LogP contribution is -2.02. The van der Waals surface area contributed by atoms with Crippen molar-refractivity contribution in [2.45, 2.75) is 19.8 Å². The molecule has 1 aromatic heterocycles. The lowest BCUT2D eigenvalue weighted by Gasteiger charge is -2.03. The van der Waals surface area contributed by atoms with Gasteiger partial charge in [0.15, 0.2) is 0 Å². The molecule has 0 spiro atoms. The predicted octanol–water partition coefficient (Wildman–Crippen LogP) is 1.37. The number of rotatable bonds is 5. The van der Waals surface area contributed by atoms with E-state index in [0.717, 1.165) is 18.5 Å². The molecule has 0 fully saturated rings. The molecule has 1 heterocycles. The lowest BCUT2D eigenvalue weighted by atomic mass is 10.2. The molecule has 0 aliphatic carbocycles. The van der Waals surface area contributed by atoms with E-state index in [1.165, 1.54) is 0 Å². The van der Waals surface area contributed by atoms with Gasteiger partial charge in [0.25, 0.3) is 0 Å². The average Bonchev–Trinajstić information content (AvgIpc) is 2.16. The third kappa shape index (κ3) is 3.42. The Bertz CT molecular complexity index is 250. The first-order valence-electron chi connectivity index (χ1n) is 4.65. The maximum Gasteiger partial charge on any atom is 0.213 e. The Balaban J connectivity index is 2.56. The highest BCUT2D eigenvalue weighted by Gasteiger charge is 1.96. The van der Waals surface area contributed by atoms with E-state index in [-0.39, 0.29) is 0 Å². The average molecular weight is 180 g/mol. The topological polar surface area (TPSA) is 48.1 Å². The van der Waals surface area contributed by atoms with Crippen molar-refractivity contribution >= 4 is 0 Å². The number of aryl methyl sites for hydroxylation is 1. The molecule has 0 bridgehead atoms. The second-order valence-corrected chi connectivity index (χ2v) is 2.79. The molecule has 0 aromatic carbocycles. The van der Waals surface area contributed by atoms with Crippen LogP contribution in [-0.4, -0.2) is 18.1 Å². The van der Waals surface area contributed by atoms with Crippen molar-refractivity contribution < 1.29 is 4.74 Å². The van der Waals surface area contributed by atoms with Crippen LogP contribution in [0.15, 0.2) is 18.2 Å². The largest absolute Gasteiger partial charge is 0.478 e. The van der Waals surface area contributed by atoms with Crippen molar-refractivity contribution in [3.05, 3.63) is 23.9 Å². The molecule has 2 N–H and O–H groups in total. The SMILES string of the molecule is CCOc1cccc(CCCN)n1. The summed E-state index contributed by atoms with van der Waals surface area (Å²) in [5, 5.41) is 0. The standard InChI is InChI=1S/C10H16N2O/c1-2-13-10-7-3-5-9(12-10)6-4-8-11/h3,5,7H,2,4,6,8,11H2,1H3. The van der Waals surface area contributed by atoms with Crippen molar-refractivity contribution in [1.82, 2.24) is 4.98 Å². The molecule has 1 rings (SSSR count). The smallest absolute Gasteiger partial charge is 0.213 e. The van der Waals surface area contributed by atoms with Crippen molar-refractivity contribution in [3.8, 4) is 5.88 Å². The van der Waals surface area contributed by atoms with Crippen LogP contribution in [0.2, 0.25) is 0 Å². The van der Waals surface area contributed by atoms with E-state index < -0.39 is 0 Å². The van der Waals surface area contributed by atoms with Gasteiger partial charge in [0.05, 0.1) is 6.61 Å². The van der Waals surface area contributed by atoms with Crippen LogP contribution in [0.4, 0.5) is 0 Å². The van der Waals surface area contributed by atoms with Crippen molar-refractivity contribution in [1.29, 1.82) is 0 Å². The van der Waals surface area contributed by atoms with E-state index in [9.17, 15) is 0 Å². The Labute approximate surface area is 78.9 Å². The normalized spacial score (nSPS) is 10.0. The monoisotopic (exact) mass is 180 g/mol. The summed E-state index contributed by atoms with van der Waals surface area (Å²) in [4.78, 5) is 4.32. The highest BCUT2D eigenvalue weighted by atomic mass is 16.5. The van der Waals surface area contributed by atoms with Gasteiger partial charge in [0, 0.05) is 11.8 Å². The highest BCUT2D eigenvalue weighted by Crippen LogP contribution is 2.08. The van der Waals surface area contributed by atoms with Crippen LogP contribution in [0, 0.1) is 0 Å². The van der Waals surface area contributed by atoms with E-state index >= 15 is 0 Å². The second-order valence-electron chi connectivity index (χ2n) is 2.79. The summed E-state index contributed by atoms with van der Waals surface area (Å²) < 4.78 is 5.28. The number of nitrogens with two attached hydrogens (primary N) is 1. The Morgan fingerprint density at radius 3 is 3.00 bits per heavy atom. The second kappa shape index (κ2) is 5.54. The minimum Gasteiger partial charge on any atom is -0.478 e. The van der Waals surface area contributed by atoms with Crippen molar-refractivity contribution in [2.24, 2.45) is 5.73 Å². The number of hydrogen-bond acceptors (Lipinski definition) is 3. The fourth-order valence-electron chi connectivity index (χ4n) is 1.11. The Morgan fingerprint density at radius 2 is 2.31 bits per heavy atom. The van der Waals surface area contributed by atoms with Gasteiger partial charge in [-0.25, -0.2) is 4.98 Å². The van der Waals surface area contributed by atoms with E-state index in [1.807, 2.05) is 25.1 Å². The van der Waals surface area contributed by atoms with Gasteiger partial charge >= 0.3 is 0 Å². The molecule has 0 saturated carbocycles. The fourth-order valence-corrected chi connectivity index (χ4v) is 1.11. The van der Waals surface area contributed by atoms with E-state index in [2.05, 4.69) is 4.98 Å². The molecule has 3 nitrogen and oxygen atoms in total. The van der Waals surface area contributed by atoms with Crippen LogP contribution in [-0.2, 0) is 6.42 Å². The zero-order chi connectivity index (χ0) is 9.52. The third-order valence-corrected chi connectivity index (χ3v) is 1.71. The number of aromatic nitrogens is 1. The molecule has 72 valence electrons. The van der Waals surface area contributed by atoms with Crippen LogP contribution in [0.25, 0.3) is 0 Å². The molecular formula is C10H16N2O. The predicted molar refractivity (Wildman–Crippen MR) is 52.8 cm³/mol. The van der Waals surface area contributed by atoms with Crippen LogP contribution >= 0.6 is 0 Å². The summed E-state index contributed by atoms with van der Waals surface area (Å²) in [5.41, 5.74) is 6.47. The quantitative estimate of drug-likeness (QED) is 0.744. The van der Waals surface area contributed by atoms with Crippen LogP contribution in [0.3, 0.4) is 0 Å². The van der Waals surface area contributed by atoms with Gasteiger partial charge in [-0.3, -0.25) is 0 Å². The highest BCUT2D eigenvalue weighted by molar-refractivity contribution is 5.15. The number of ether oxygens (including phenoxy) is 1. The Hall–Kier alpha value is -1.09. The van der Waals surface area contributed by atoms with Gasteiger partial charge in [0.1, 0.15) is 0 Å². The molecule has 13 heavy (non-hydrogen) atoms. The molecule has 3 heteroatoms.